The number of furan rings is 1. The summed E-state index contributed by atoms with van der Waals surface area (Å²) >= 11 is 3.50. The Hall–Kier alpha value is -1.75. The van der Waals surface area contributed by atoms with Crippen LogP contribution >= 0.6 is 28.3 Å². The summed E-state index contributed by atoms with van der Waals surface area (Å²) in [4.78, 5) is 0. The van der Waals surface area contributed by atoms with Crippen LogP contribution in [0.4, 0.5) is 0 Å². The minimum Gasteiger partial charge on any atom is -0.497 e. The molecule has 0 amide bonds. The second-order valence-corrected chi connectivity index (χ2v) is 6.92. The summed E-state index contributed by atoms with van der Waals surface area (Å²) in [5.41, 5.74) is 3.62. The Labute approximate surface area is 169 Å². The third-order valence-corrected chi connectivity index (χ3v) is 4.66. The molecule has 0 aliphatic heterocycles. The molecule has 26 heavy (non-hydrogen) atoms. The highest BCUT2D eigenvalue weighted by atomic mass is 79.9. The molecular formula is C21H23BrClNO2. The van der Waals surface area contributed by atoms with Crippen LogP contribution in [0.3, 0.4) is 0 Å². The second-order valence-electron chi connectivity index (χ2n) is 6.00. The lowest BCUT2D eigenvalue weighted by Gasteiger charge is -2.05. The SMILES string of the molecule is COc1ccc(CCNCc2ccc(-c3ccc(Br)cc3C)o2)cc1.Cl. The highest BCUT2D eigenvalue weighted by molar-refractivity contribution is 9.10. The molecule has 0 unspecified atom stereocenters. The molecule has 0 radical (unpaired) electrons. The van der Waals surface area contributed by atoms with E-state index in [2.05, 4.69) is 52.4 Å². The lowest BCUT2D eigenvalue weighted by Crippen LogP contribution is -2.16. The standard InChI is InChI=1S/C21H22BrNO2.ClH/c1-15-13-17(22)5-9-20(15)21-10-8-19(25-21)14-23-12-11-16-3-6-18(24-2)7-4-16;/h3-10,13,23H,11-12,14H2,1-2H3;1H. The van der Waals surface area contributed by atoms with E-state index in [0.29, 0.717) is 0 Å². The summed E-state index contributed by atoms with van der Waals surface area (Å²) in [7, 11) is 1.68. The molecule has 1 aromatic heterocycles. The molecule has 3 rings (SSSR count). The highest BCUT2D eigenvalue weighted by Crippen LogP contribution is 2.27. The molecule has 3 nitrogen and oxygen atoms in total. The van der Waals surface area contributed by atoms with Crippen molar-refractivity contribution in [1.29, 1.82) is 0 Å². The summed E-state index contributed by atoms with van der Waals surface area (Å²) in [6.45, 7) is 3.72. The topological polar surface area (TPSA) is 34.4 Å². The van der Waals surface area contributed by atoms with Crippen LogP contribution in [0, 0.1) is 6.92 Å². The van der Waals surface area contributed by atoms with Gasteiger partial charge in [-0.05, 0) is 73.5 Å². The third kappa shape index (κ3) is 5.37. The molecule has 0 fully saturated rings. The maximum atomic E-state index is 5.98. The van der Waals surface area contributed by atoms with Crippen molar-refractivity contribution in [3.63, 3.8) is 0 Å². The van der Waals surface area contributed by atoms with Gasteiger partial charge in [-0.25, -0.2) is 0 Å². The highest BCUT2D eigenvalue weighted by Gasteiger charge is 2.07. The molecule has 1 heterocycles. The van der Waals surface area contributed by atoms with Crippen LogP contribution < -0.4 is 10.1 Å². The molecule has 0 saturated heterocycles. The molecule has 0 bridgehead atoms. The number of halogens is 2. The van der Waals surface area contributed by atoms with Crippen LogP contribution in [0.1, 0.15) is 16.9 Å². The maximum absolute atomic E-state index is 5.98. The predicted molar refractivity (Wildman–Crippen MR) is 112 cm³/mol. The number of methoxy groups -OCH3 is 1. The Balaban J connectivity index is 0.00000243. The molecule has 0 spiro atoms. The lowest BCUT2D eigenvalue weighted by molar-refractivity contribution is 0.414. The van der Waals surface area contributed by atoms with Gasteiger partial charge in [0.2, 0.25) is 0 Å². The van der Waals surface area contributed by atoms with Gasteiger partial charge in [0.25, 0.3) is 0 Å². The molecule has 5 heteroatoms. The quantitative estimate of drug-likeness (QED) is 0.477. The van der Waals surface area contributed by atoms with Crippen molar-refractivity contribution >= 4 is 28.3 Å². The van der Waals surface area contributed by atoms with Crippen LogP contribution in [0.15, 0.2) is 63.5 Å². The van der Waals surface area contributed by atoms with E-state index in [1.165, 1.54) is 11.1 Å². The average Bonchev–Trinajstić information content (AvgIpc) is 3.08. The van der Waals surface area contributed by atoms with Gasteiger partial charge in [-0.3, -0.25) is 0 Å². The fourth-order valence-corrected chi connectivity index (χ4v) is 3.23. The van der Waals surface area contributed by atoms with Gasteiger partial charge in [0.1, 0.15) is 17.3 Å². The Morgan fingerprint density at radius 3 is 2.50 bits per heavy atom. The van der Waals surface area contributed by atoms with Crippen molar-refractivity contribution in [1.82, 2.24) is 5.32 Å². The molecule has 1 N–H and O–H groups in total. The first kappa shape index (κ1) is 20.6. The van der Waals surface area contributed by atoms with E-state index in [1.807, 2.05) is 30.3 Å². The Kier molecular flexibility index (Phi) is 7.76. The Morgan fingerprint density at radius 2 is 1.81 bits per heavy atom. The van der Waals surface area contributed by atoms with Gasteiger partial charge in [-0.2, -0.15) is 0 Å². The fourth-order valence-electron chi connectivity index (χ4n) is 2.76. The van der Waals surface area contributed by atoms with Gasteiger partial charge in [0, 0.05) is 10.0 Å². The van der Waals surface area contributed by atoms with E-state index < -0.39 is 0 Å². The monoisotopic (exact) mass is 435 g/mol. The van der Waals surface area contributed by atoms with Gasteiger partial charge in [0.15, 0.2) is 0 Å². The van der Waals surface area contributed by atoms with Crippen molar-refractivity contribution in [3.8, 4) is 17.1 Å². The van der Waals surface area contributed by atoms with Crippen molar-refractivity contribution in [2.24, 2.45) is 0 Å². The first-order chi connectivity index (χ1) is 12.2. The van der Waals surface area contributed by atoms with Crippen molar-refractivity contribution in [2.75, 3.05) is 13.7 Å². The van der Waals surface area contributed by atoms with Crippen LogP contribution in [0.5, 0.6) is 5.75 Å². The number of aryl methyl sites for hydroxylation is 1. The zero-order chi connectivity index (χ0) is 17.6. The van der Waals surface area contributed by atoms with E-state index in [4.69, 9.17) is 9.15 Å². The van der Waals surface area contributed by atoms with Gasteiger partial charge in [-0.1, -0.05) is 28.1 Å². The lowest BCUT2D eigenvalue weighted by atomic mass is 10.1. The minimum atomic E-state index is 0. The first-order valence-electron chi connectivity index (χ1n) is 8.34. The number of hydrogen-bond acceptors (Lipinski definition) is 3. The van der Waals surface area contributed by atoms with Gasteiger partial charge in [-0.15, -0.1) is 12.4 Å². The van der Waals surface area contributed by atoms with Gasteiger partial charge in [0.05, 0.1) is 13.7 Å². The molecule has 138 valence electrons. The van der Waals surface area contributed by atoms with E-state index in [0.717, 1.165) is 46.8 Å². The molecule has 0 saturated carbocycles. The molecule has 3 aromatic rings. The molecule has 0 aliphatic carbocycles. The van der Waals surface area contributed by atoms with Crippen LogP contribution in [-0.2, 0) is 13.0 Å². The molecule has 0 atom stereocenters. The summed E-state index contributed by atoms with van der Waals surface area (Å²) in [5, 5.41) is 3.43. The van der Waals surface area contributed by atoms with Crippen molar-refractivity contribution in [2.45, 2.75) is 19.9 Å². The summed E-state index contributed by atoms with van der Waals surface area (Å²) < 4.78 is 12.2. The first-order valence-corrected chi connectivity index (χ1v) is 9.14. The Morgan fingerprint density at radius 1 is 1.04 bits per heavy atom. The summed E-state index contributed by atoms with van der Waals surface area (Å²) in [6, 6.07) is 18.5. The van der Waals surface area contributed by atoms with Gasteiger partial charge >= 0.3 is 0 Å². The zero-order valence-electron chi connectivity index (χ0n) is 14.9. The third-order valence-electron chi connectivity index (χ3n) is 4.16. The van der Waals surface area contributed by atoms with Crippen molar-refractivity contribution in [3.05, 3.63) is 76.0 Å². The van der Waals surface area contributed by atoms with Crippen LogP contribution in [0.2, 0.25) is 0 Å². The largest absolute Gasteiger partial charge is 0.497 e. The maximum Gasteiger partial charge on any atom is 0.134 e. The number of hydrogen-bond donors (Lipinski definition) is 1. The fraction of sp³-hybridized carbons (Fsp3) is 0.238. The zero-order valence-corrected chi connectivity index (χ0v) is 17.3. The normalized spacial score (nSPS) is 10.4. The Bertz CT molecular complexity index is 830. The summed E-state index contributed by atoms with van der Waals surface area (Å²) in [6.07, 6.45) is 0.976. The number of nitrogens with one attached hydrogen (secondary N) is 1. The van der Waals surface area contributed by atoms with E-state index >= 15 is 0 Å². The van der Waals surface area contributed by atoms with E-state index in [1.54, 1.807) is 7.11 Å². The molecule has 2 aromatic carbocycles. The average molecular weight is 437 g/mol. The van der Waals surface area contributed by atoms with Gasteiger partial charge < -0.3 is 14.5 Å². The van der Waals surface area contributed by atoms with E-state index in [-0.39, 0.29) is 12.4 Å². The molecule has 0 aliphatic rings. The predicted octanol–water partition coefficient (Wildman–Crippen LogP) is 5.78. The van der Waals surface area contributed by atoms with Crippen LogP contribution in [0.25, 0.3) is 11.3 Å². The number of ether oxygens (including phenoxy) is 1. The van der Waals surface area contributed by atoms with Crippen LogP contribution in [-0.4, -0.2) is 13.7 Å². The smallest absolute Gasteiger partial charge is 0.134 e. The second kappa shape index (κ2) is 9.81. The number of rotatable bonds is 7. The van der Waals surface area contributed by atoms with Crippen molar-refractivity contribution < 1.29 is 9.15 Å². The minimum absolute atomic E-state index is 0. The van der Waals surface area contributed by atoms with E-state index in [9.17, 15) is 0 Å². The number of benzene rings is 2. The molecular weight excluding hydrogens is 414 g/mol. The summed E-state index contributed by atoms with van der Waals surface area (Å²) in [5.74, 6) is 2.76.